The molecule has 0 aliphatic carbocycles. The van der Waals surface area contributed by atoms with Crippen molar-refractivity contribution in [1.82, 2.24) is 9.88 Å². The van der Waals surface area contributed by atoms with Crippen molar-refractivity contribution >= 4 is 40.9 Å². The Morgan fingerprint density at radius 3 is 2.42 bits per heavy atom. The normalized spacial score (nSPS) is 15.4. The number of anilines is 1. The number of carbonyl (C=O) groups is 2. The highest BCUT2D eigenvalue weighted by Gasteiger charge is 2.34. The molecule has 6 heteroatoms. The second kappa shape index (κ2) is 8.79. The predicted octanol–water partition coefficient (Wildman–Crippen LogP) is 5.10. The highest BCUT2D eigenvalue weighted by molar-refractivity contribution is 7.80. The summed E-state index contributed by atoms with van der Waals surface area (Å²) in [5.41, 5.74) is 8.11. The van der Waals surface area contributed by atoms with Gasteiger partial charge in [-0.2, -0.15) is 0 Å². The van der Waals surface area contributed by atoms with Crippen molar-refractivity contribution in [3.8, 4) is 5.69 Å². The molecule has 3 aromatic rings. The summed E-state index contributed by atoms with van der Waals surface area (Å²) in [6.45, 7) is 10.2. The molecule has 168 valence electrons. The number of carbonyl (C=O) groups excluding carboxylic acids is 2. The molecule has 33 heavy (non-hydrogen) atoms. The van der Waals surface area contributed by atoms with Crippen LogP contribution >= 0.6 is 12.2 Å². The first-order valence-electron chi connectivity index (χ1n) is 11.0. The number of para-hydroxylation sites is 1. The molecule has 2 amide bonds. The largest absolute Gasteiger partial charge is 0.317 e. The van der Waals surface area contributed by atoms with E-state index in [0.717, 1.165) is 34.6 Å². The highest BCUT2D eigenvalue weighted by Crippen LogP contribution is 2.29. The fourth-order valence-electron chi connectivity index (χ4n) is 4.42. The monoisotopic (exact) mass is 457 g/mol. The number of aryl methyl sites for hydroxylation is 4. The second-order valence-corrected chi connectivity index (χ2v) is 8.78. The first-order chi connectivity index (χ1) is 15.7. The fourth-order valence-corrected chi connectivity index (χ4v) is 4.70. The summed E-state index contributed by atoms with van der Waals surface area (Å²) in [5, 5.41) is 2.76. The van der Waals surface area contributed by atoms with Crippen LogP contribution in [0, 0.1) is 27.7 Å². The van der Waals surface area contributed by atoms with Crippen LogP contribution in [0.2, 0.25) is 0 Å². The standard InChI is InChI=1S/C27H27N3O2S/c1-6-20-11-8-10-17(3)24(20)29-18(4)14-21(19(29)5)15-23-25(31)28-27(33)30(26(23)32)22-12-7-9-16(2)13-22/h7-15H,6H2,1-5H3,(H,28,31,33)/b23-15+. The zero-order chi connectivity index (χ0) is 23.9. The summed E-state index contributed by atoms with van der Waals surface area (Å²) in [6.07, 6.45) is 2.58. The van der Waals surface area contributed by atoms with Gasteiger partial charge in [0.15, 0.2) is 5.11 Å². The molecule has 1 aliphatic rings. The molecule has 5 nitrogen and oxygen atoms in total. The third-order valence-corrected chi connectivity index (χ3v) is 6.34. The first kappa shape index (κ1) is 22.7. The van der Waals surface area contributed by atoms with E-state index in [1.165, 1.54) is 16.0 Å². The molecule has 4 rings (SSSR count). The smallest absolute Gasteiger partial charge is 0.270 e. The maximum absolute atomic E-state index is 13.4. The Hall–Kier alpha value is -3.51. The summed E-state index contributed by atoms with van der Waals surface area (Å²) in [4.78, 5) is 27.5. The average molecular weight is 458 g/mol. The number of rotatable bonds is 4. The van der Waals surface area contributed by atoms with Crippen LogP contribution in [0.25, 0.3) is 11.8 Å². The van der Waals surface area contributed by atoms with E-state index in [1.54, 1.807) is 6.08 Å². The van der Waals surface area contributed by atoms with Crippen molar-refractivity contribution in [2.75, 3.05) is 4.90 Å². The lowest BCUT2D eigenvalue weighted by molar-refractivity contribution is -0.122. The lowest BCUT2D eigenvalue weighted by atomic mass is 10.0. The number of hydrogen-bond acceptors (Lipinski definition) is 3. The Balaban J connectivity index is 1.81. The van der Waals surface area contributed by atoms with Gasteiger partial charge in [0, 0.05) is 11.4 Å². The molecule has 1 aliphatic heterocycles. The van der Waals surface area contributed by atoms with Gasteiger partial charge in [0.1, 0.15) is 5.57 Å². The van der Waals surface area contributed by atoms with Crippen molar-refractivity contribution < 1.29 is 9.59 Å². The molecule has 1 N–H and O–H groups in total. The molecule has 0 spiro atoms. The third-order valence-electron chi connectivity index (χ3n) is 6.06. The molecule has 0 atom stereocenters. The maximum Gasteiger partial charge on any atom is 0.270 e. The summed E-state index contributed by atoms with van der Waals surface area (Å²) < 4.78 is 2.20. The predicted molar refractivity (Wildman–Crippen MR) is 137 cm³/mol. The zero-order valence-electron chi connectivity index (χ0n) is 19.5. The van der Waals surface area contributed by atoms with E-state index in [1.807, 2.05) is 51.1 Å². The zero-order valence-corrected chi connectivity index (χ0v) is 20.3. The quantitative estimate of drug-likeness (QED) is 0.337. The van der Waals surface area contributed by atoms with Gasteiger partial charge in [-0.25, -0.2) is 0 Å². The fraction of sp³-hybridized carbons (Fsp3) is 0.222. The van der Waals surface area contributed by atoms with Crippen LogP contribution in [0.3, 0.4) is 0 Å². The van der Waals surface area contributed by atoms with E-state index < -0.39 is 11.8 Å². The number of nitrogens with zero attached hydrogens (tertiary/aromatic N) is 2. The lowest BCUT2D eigenvalue weighted by Gasteiger charge is -2.29. The lowest BCUT2D eigenvalue weighted by Crippen LogP contribution is -2.54. The van der Waals surface area contributed by atoms with Crippen LogP contribution in [-0.4, -0.2) is 21.5 Å². The number of hydrogen-bond donors (Lipinski definition) is 1. The SMILES string of the molecule is CCc1cccc(C)c1-n1c(C)cc(/C=C2\C(=O)NC(=S)N(c3cccc(C)c3)C2=O)c1C. The summed E-state index contributed by atoms with van der Waals surface area (Å²) in [6, 6.07) is 15.8. The molecule has 0 bridgehead atoms. The number of benzene rings is 2. The van der Waals surface area contributed by atoms with Crippen molar-refractivity contribution in [3.05, 3.63) is 87.7 Å². The third kappa shape index (κ3) is 4.02. The van der Waals surface area contributed by atoms with Gasteiger partial charge < -0.3 is 4.57 Å². The van der Waals surface area contributed by atoms with E-state index in [2.05, 4.69) is 41.9 Å². The van der Waals surface area contributed by atoms with Gasteiger partial charge in [-0.05, 0) is 92.9 Å². The molecule has 1 saturated heterocycles. The van der Waals surface area contributed by atoms with Crippen LogP contribution in [0.4, 0.5) is 5.69 Å². The first-order valence-corrected chi connectivity index (χ1v) is 11.4. The molecule has 0 unspecified atom stereocenters. The van der Waals surface area contributed by atoms with Gasteiger partial charge >= 0.3 is 0 Å². The number of amides is 2. The van der Waals surface area contributed by atoms with Crippen LogP contribution < -0.4 is 10.2 Å². The Morgan fingerprint density at radius 1 is 1.00 bits per heavy atom. The molecule has 0 saturated carbocycles. The Labute approximate surface area is 199 Å². The second-order valence-electron chi connectivity index (χ2n) is 8.39. The molecule has 2 aromatic carbocycles. The number of nitrogens with one attached hydrogen (secondary N) is 1. The molecule has 1 fully saturated rings. The van der Waals surface area contributed by atoms with Crippen molar-refractivity contribution in [3.63, 3.8) is 0 Å². The average Bonchev–Trinajstić information content (AvgIpc) is 3.03. The van der Waals surface area contributed by atoms with Crippen LogP contribution in [0.15, 0.2) is 54.1 Å². The van der Waals surface area contributed by atoms with Gasteiger partial charge in [-0.15, -0.1) is 0 Å². The van der Waals surface area contributed by atoms with Gasteiger partial charge in [-0.3, -0.25) is 19.8 Å². The van der Waals surface area contributed by atoms with E-state index >= 15 is 0 Å². The van der Waals surface area contributed by atoms with E-state index in [0.29, 0.717) is 5.69 Å². The molecule has 1 aromatic heterocycles. The van der Waals surface area contributed by atoms with Crippen LogP contribution in [-0.2, 0) is 16.0 Å². The van der Waals surface area contributed by atoms with Crippen molar-refractivity contribution in [1.29, 1.82) is 0 Å². The summed E-state index contributed by atoms with van der Waals surface area (Å²) in [7, 11) is 0. The van der Waals surface area contributed by atoms with Gasteiger partial charge in [0.2, 0.25) is 0 Å². The number of aromatic nitrogens is 1. The van der Waals surface area contributed by atoms with Gasteiger partial charge in [0.05, 0.1) is 11.4 Å². The van der Waals surface area contributed by atoms with Gasteiger partial charge in [0.25, 0.3) is 11.8 Å². The molecular weight excluding hydrogens is 430 g/mol. The van der Waals surface area contributed by atoms with E-state index in [9.17, 15) is 9.59 Å². The minimum absolute atomic E-state index is 0.0610. The minimum atomic E-state index is -0.483. The number of thiocarbonyl (C=S) groups is 1. The Morgan fingerprint density at radius 2 is 1.73 bits per heavy atom. The van der Waals surface area contributed by atoms with E-state index in [-0.39, 0.29) is 10.7 Å². The minimum Gasteiger partial charge on any atom is -0.317 e. The van der Waals surface area contributed by atoms with Crippen molar-refractivity contribution in [2.24, 2.45) is 0 Å². The van der Waals surface area contributed by atoms with Gasteiger partial charge in [-0.1, -0.05) is 37.3 Å². The Kier molecular flexibility index (Phi) is 6.04. The topological polar surface area (TPSA) is 54.3 Å². The van der Waals surface area contributed by atoms with Crippen LogP contribution in [0.1, 0.15) is 40.6 Å². The Bertz CT molecular complexity index is 1330. The molecule has 2 heterocycles. The van der Waals surface area contributed by atoms with Crippen molar-refractivity contribution in [2.45, 2.75) is 41.0 Å². The summed E-state index contributed by atoms with van der Waals surface area (Å²) >= 11 is 5.32. The maximum atomic E-state index is 13.4. The molecule has 0 radical (unpaired) electrons. The highest BCUT2D eigenvalue weighted by atomic mass is 32.1. The molecular formula is C27H27N3O2S. The van der Waals surface area contributed by atoms with E-state index in [4.69, 9.17) is 12.2 Å². The summed E-state index contributed by atoms with van der Waals surface area (Å²) in [5.74, 6) is -0.909. The van der Waals surface area contributed by atoms with Crippen LogP contribution in [0.5, 0.6) is 0 Å².